The number of benzene rings is 3. The van der Waals surface area contributed by atoms with Gasteiger partial charge in [-0.05, 0) is 48.7 Å². The number of aromatic nitrogens is 2. The maximum Gasteiger partial charge on any atom is 0.157 e. The molecule has 35 heavy (non-hydrogen) atoms. The molecular formula is C28H23FN5P. The number of hydrogen-bond donors (Lipinski definition) is 1. The van der Waals surface area contributed by atoms with E-state index in [0.717, 1.165) is 56.4 Å². The van der Waals surface area contributed by atoms with Crippen LogP contribution in [0.1, 0.15) is 41.0 Å². The number of nitrogens with two attached hydrogens (primary N) is 1. The van der Waals surface area contributed by atoms with Crippen LogP contribution in [0, 0.1) is 18.2 Å². The molecular weight excluding hydrogens is 456 g/mol. The highest BCUT2D eigenvalue weighted by atomic mass is 31.1. The zero-order valence-corrected chi connectivity index (χ0v) is 20.3. The summed E-state index contributed by atoms with van der Waals surface area (Å²) in [5.74, 6) is 4.15. The predicted molar refractivity (Wildman–Crippen MR) is 143 cm³/mol. The van der Waals surface area contributed by atoms with Crippen LogP contribution >= 0.6 is 7.92 Å². The zero-order chi connectivity index (χ0) is 24.3. The van der Waals surface area contributed by atoms with Gasteiger partial charge in [0.25, 0.3) is 0 Å². The molecule has 0 aliphatic carbocycles. The van der Waals surface area contributed by atoms with Gasteiger partial charge in [0, 0.05) is 28.4 Å². The molecule has 0 saturated heterocycles. The fourth-order valence-corrected chi connectivity index (χ4v) is 6.18. The van der Waals surface area contributed by atoms with Crippen molar-refractivity contribution in [2.45, 2.75) is 18.5 Å². The molecule has 2 unspecified atom stereocenters. The van der Waals surface area contributed by atoms with Crippen LogP contribution < -0.4 is 11.0 Å². The van der Waals surface area contributed by atoms with Crippen LogP contribution in [-0.4, -0.2) is 35.1 Å². The van der Waals surface area contributed by atoms with Crippen LogP contribution in [0.2, 0.25) is 0 Å². The predicted octanol–water partition coefficient (Wildman–Crippen LogP) is 4.97. The second-order valence-electron chi connectivity index (χ2n) is 9.01. The number of terminal acetylenes is 1. The number of rotatable bonds is 2. The maximum absolute atomic E-state index is 14.8. The number of fused-ring (bicyclic) bond motifs is 9. The van der Waals surface area contributed by atoms with E-state index < -0.39 is 7.92 Å². The first-order valence-electron chi connectivity index (χ1n) is 11.4. The maximum atomic E-state index is 14.8. The van der Waals surface area contributed by atoms with E-state index in [0.29, 0.717) is 5.84 Å². The average molecular weight is 479 g/mol. The molecule has 6 rings (SSSR count). The molecule has 172 valence electrons. The van der Waals surface area contributed by atoms with E-state index >= 15 is 0 Å². The number of hydrogen-bond acceptors (Lipinski definition) is 3. The molecule has 4 aromatic rings. The van der Waals surface area contributed by atoms with Gasteiger partial charge in [0.2, 0.25) is 0 Å². The SMILES string of the molecule is C#Cc1cccc2c1C1CC(N=C2N=CN)c2nc3ccc(-c4ccc(P(C)C)c(F)c4)cc3n21. The van der Waals surface area contributed by atoms with Crippen LogP contribution in [0.3, 0.4) is 0 Å². The summed E-state index contributed by atoms with van der Waals surface area (Å²) in [6, 6.07) is 17.3. The molecule has 0 spiro atoms. The van der Waals surface area contributed by atoms with E-state index in [1.165, 1.54) is 6.34 Å². The molecule has 2 aliphatic rings. The third-order valence-corrected chi connectivity index (χ3v) is 8.17. The van der Waals surface area contributed by atoms with Crippen molar-refractivity contribution < 1.29 is 4.39 Å². The average Bonchev–Trinajstić information content (AvgIpc) is 3.34. The minimum Gasteiger partial charge on any atom is -0.390 e. The number of amidine groups is 1. The number of aliphatic imine (C=N–C) groups is 2. The summed E-state index contributed by atoms with van der Waals surface area (Å²) < 4.78 is 17.0. The summed E-state index contributed by atoms with van der Waals surface area (Å²) >= 11 is 0. The summed E-state index contributed by atoms with van der Waals surface area (Å²) in [6.07, 6.45) is 7.93. The van der Waals surface area contributed by atoms with Gasteiger partial charge in [-0.15, -0.1) is 6.42 Å². The Kier molecular flexibility index (Phi) is 5.05. The minimum atomic E-state index is -0.503. The van der Waals surface area contributed by atoms with Crippen molar-refractivity contribution in [2.24, 2.45) is 15.7 Å². The molecule has 2 bridgehead atoms. The normalized spacial score (nSPS) is 18.4. The highest BCUT2D eigenvalue weighted by Crippen LogP contribution is 2.47. The summed E-state index contributed by atoms with van der Waals surface area (Å²) in [5, 5.41) is 0.785. The minimum absolute atomic E-state index is 0.0328. The molecule has 3 aromatic carbocycles. The zero-order valence-electron chi connectivity index (χ0n) is 19.4. The molecule has 7 heteroatoms. The van der Waals surface area contributed by atoms with Crippen molar-refractivity contribution in [1.82, 2.24) is 9.55 Å². The van der Waals surface area contributed by atoms with Gasteiger partial charge in [-0.2, -0.15) is 0 Å². The van der Waals surface area contributed by atoms with Gasteiger partial charge in [0.05, 0.1) is 23.4 Å². The number of imidazole rings is 1. The Hall–Kier alpha value is -3.81. The Morgan fingerprint density at radius 2 is 1.97 bits per heavy atom. The van der Waals surface area contributed by atoms with Gasteiger partial charge < -0.3 is 10.3 Å². The first kappa shape index (κ1) is 21.7. The van der Waals surface area contributed by atoms with Crippen LogP contribution in [0.15, 0.2) is 64.6 Å². The van der Waals surface area contributed by atoms with Crippen LogP contribution in [0.4, 0.5) is 4.39 Å². The topological polar surface area (TPSA) is 68.6 Å². The second-order valence-corrected chi connectivity index (χ2v) is 11.3. The van der Waals surface area contributed by atoms with Gasteiger partial charge in [0.1, 0.15) is 17.7 Å². The van der Waals surface area contributed by atoms with Crippen molar-refractivity contribution in [1.29, 1.82) is 0 Å². The van der Waals surface area contributed by atoms with Crippen molar-refractivity contribution in [3.05, 3.63) is 82.9 Å². The Balaban J connectivity index is 1.56. The van der Waals surface area contributed by atoms with E-state index in [1.54, 1.807) is 6.07 Å². The second kappa shape index (κ2) is 8.15. The Labute approximate surface area is 204 Å². The summed E-state index contributed by atoms with van der Waals surface area (Å²) in [4.78, 5) is 14.2. The van der Waals surface area contributed by atoms with E-state index in [9.17, 15) is 4.39 Å². The lowest BCUT2D eigenvalue weighted by Gasteiger charge is -2.20. The molecule has 3 heterocycles. The molecule has 2 atom stereocenters. The smallest absolute Gasteiger partial charge is 0.157 e. The lowest BCUT2D eigenvalue weighted by molar-refractivity contribution is 0.605. The third-order valence-electron chi connectivity index (χ3n) is 6.85. The van der Waals surface area contributed by atoms with Crippen molar-refractivity contribution in [3.8, 4) is 23.5 Å². The lowest BCUT2D eigenvalue weighted by Crippen LogP contribution is -2.14. The van der Waals surface area contributed by atoms with E-state index in [2.05, 4.69) is 34.9 Å². The number of halogens is 1. The van der Waals surface area contributed by atoms with E-state index in [1.807, 2.05) is 42.5 Å². The fourth-order valence-electron chi connectivity index (χ4n) is 5.32. The highest BCUT2D eigenvalue weighted by Gasteiger charge is 2.40. The van der Waals surface area contributed by atoms with Gasteiger partial charge in [0.15, 0.2) is 5.84 Å². The molecule has 0 fully saturated rings. The van der Waals surface area contributed by atoms with Crippen LogP contribution in [0.25, 0.3) is 22.2 Å². The molecule has 0 amide bonds. The molecule has 2 N–H and O–H groups in total. The molecule has 2 aliphatic heterocycles. The van der Waals surface area contributed by atoms with Gasteiger partial charge >= 0.3 is 0 Å². The van der Waals surface area contributed by atoms with Crippen LogP contribution in [0.5, 0.6) is 0 Å². The van der Waals surface area contributed by atoms with Gasteiger partial charge in [-0.3, -0.25) is 4.99 Å². The van der Waals surface area contributed by atoms with Crippen molar-refractivity contribution in [2.75, 3.05) is 13.3 Å². The van der Waals surface area contributed by atoms with Crippen molar-refractivity contribution in [3.63, 3.8) is 0 Å². The molecule has 0 saturated carbocycles. The van der Waals surface area contributed by atoms with E-state index in [-0.39, 0.29) is 17.9 Å². The molecule has 5 nitrogen and oxygen atoms in total. The highest BCUT2D eigenvalue weighted by molar-refractivity contribution is 7.64. The lowest BCUT2D eigenvalue weighted by atomic mass is 9.93. The largest absolute Gasteiger partial charge is 0.390 e. The Morgan fingerprint density at radius 1 is 1.17 bits per heavy atom. The number of nitrogens with zero attached hydrogens (tertiary/aromatic N) is 4. The van der Waals surface area contributed by atoms with Gasteiger partial charge in [-0.25, -0.2) is 14.4 Å². The van der Waals surface area contributed by atoms with Gasteiger partial charge in [-0.1, -0.05) is 44.2 Å². The summed E-state index contributed by atoms with van der Waals surface area (Å²) in [5.41, 5.74) is 12.0. The van der Waals surface area contributed by atoms with Crippen molar-refractivity contribution >= 4 is 36.4 Å². The monoisotopic (exact) mass is 479 g/mol. The molecule has 0 radical (unpaired) electrons. The van der Waals surface area contributed by atoms with E-state index in [4.69, 9.17) is 22.1 Å². The standard InChI is InChI=1S/C28H23FN5P/c1-4-16-6-5-7-19-26(16)24-14-22(32-27(19)31-15-30)28-33-21-10-8-18(13-23(21)34(24)28)17-9-11-25(35(2)3)20(29)12-17/h1,5-13,15,22,24H,14H2,2-3H3,(H2,30,31,32). The Bertz CT molecular complexity index is 1610. The fraction of sp³-hybridized carbons (Fsp3) is 0.179. The summed E-state index contributed by atoms with van der Waals surface area (Å²) in [7, 11) is -0.503. The Morgan fingerprint density at radius 3 is 2.71 bits per heavy atom. The first-order valence-corrected chi connectivity index (χ1v) is 13.6. The quantitative estimate of drug-likeness (QED) is 0.191. The third kappa shape index (κ3) is 3.31. The summed E-state index contributed by atoms with van der Waals surface area (Å²) in [6.45, 7) is 4.12. The first-order chi connectivity index (χ1) is 17.0. The van der Waals surface area contributed by atoms with Crippen LogP contribution in [-0.2, 0) is 0 Å². The molecule has 1 aromatic heterocycles.